The maximum Gasteiger partial charge on any atom is 0.246 e. The van der Waals surface area contributed by atoms with E-state index in [2.05, 4.69) is 5.10 Å². The van der Waals surface area contributed by atoms with Crippen LogP contribution in [0.4, 0.5) is 0 Å². The van der Waals surface area contributed by atoms with Crippen LogP contribution in [0.2, 0.25) is 0 Å². The Morgan fingerprint density at radius 1 is 1.43 bits per heavy atom. The lowest BCUT2D eigenvalue weighted by Crippen LogP contribution is -2.51. The van der Waals surface area contributed by atoms with E-state index in [1.165, 1.54) is 6.20 Å². The van der Waals surface area contributed by atoms with Crippen LogP contribution in [0.15, 0.2) is 17.3 Å². The fourth-order valence-electron chi connectivity index (χ4n) is 3.18. The predicted octanol–water partition coefficient (Wildman–Crippen LogP) is 0.174. The molecule has 2 N–H and O–H groups in total. The summed E-state index contributed by atoms with van der Waals surface area (Å²) >= 11 is 0. The molecule has 1 aromatic heterocycles. The number of aromatic nitrogens is 2. The van der Waals surface area contributed by atoms with Gasteiger partial charge in [0.05, 0.1) is 24.9 Å². The van der Waals surface area contributed by atoms with E-state index in [9.17, 15) is 8.42 Å². The molecule has 2 unspecified atom stereocenters. The van der Waals surface area contributed by atoms with Gasteiger partial charge in [-0.15, -0.1) is 0 Å². The maximum atomic E-state index is 12.8. The smallest absolute Gasteiger partial charge is 0.246 e. The third kappa shape index (κ3) is 2.85. The fraction of sp³-hybridized carbons (Fsp3) is 0.769. The zero-order valence-electron chi connectivity index (χ0n) is 12.0. The van der Waals surface area contributed by atoms with Crippen molar-refractivity contribution in [2.75, 3.05) is 19.7 Å². The van der Waals surface area contributed by atoms with Gasteiger partial charge in [-0.25, -0.2) is 8.42 Å². The zero-order chi connectivity index (χ0) is 14.9. The van der Waals surface area contributed by atoms with Crippen molar-refractivity contribution in [2.24, 2.45) is 5.73 Å². The van der Waals surface area contributed by atoms with E-state index in [-0.39, 0.29) is 17.0 Å². The van der Waals surface area contributed by atoms with E-state index in [1.54, 1.807) is 15.2 Å². The van der Waals surface area contributed by atoms with Crippen LogP contribution in [0, 0.1) is 0 Å². The van der Waals surface area contributed by atoms with Crippen LogP contribution in [-0.4, -0.2) is 54.3 Å². The molecule has 21 heavy (non-hydrogen) atoms. The average Bonchev–Trinajstić information content (AvgIpc) is 3.13. The highest BCUT2D eigenvalue weighted by molar-refractivity contribution is 7.89. The summed E-state index contributed by atoms with van der Waals surface area (Å²) in [6, 6.07) is -0.0175. The lowest BCUT2D eigenvalue weighted by atomic mass is 10.2. The van der Waals surface area contributed by atoms with Crippen LogP contribution in [0.1, 0.15) is 25.7 Å². The summed E-state index contributed by atoms with van der Waals surface area (Å²) in [4.78, 5) is 0.270. The van der Waals surface area contributed by atoms with Crippen LogP contribution < -0.4 is 5.73 Å². The number of nitrogens with two attached hydrogens (primary N) is 1. The van der Waals surface area contributed by atoms with E-state index in [0.29, 0.717) is 26.2 Å². The molecule has 1 aliphatic heterocycles. The first-order valence-corrected chi connectivity index (χ1v) is 8.93. The van der Waals surface area contributed by atoms with Crippen LogP contribution >= 0.6 is 0 Å². The number of aryl methyl sites for hydroxylation is 1. The predicted molar refractivity (Wildman–Crippen MR) is 77.2 cm³/mol. The molecular formula is C13H22N4O3S. The third-order valence-corrected chi connectivity index (χ3v) is 6.12. The van der Waals surface area contributed by atoms with Crippen LogP contribution in [0.5, 0.6) is 0 Å². The van der Waals surface area contributed by atoms with Crippen molar-refractivity contribution in [1.82, 2.24) is 14.1 Å². The first-order chi connectivity index (χ1) is 10.1. The Morgan fingerprint density at radius 2 is 2.29 bits per heavy atom. The monoisotopic (exact) mass is 314 g/mol. The highest BCUT2D eigenvalue weighted by Crippen LogP contribution is 2.33. The summed E-state index contributed by atoms with van der Waals surface area (Å²) in [5.41, 5.74) is 5.46. The molecule has 2 heterocycles. The number of morpholine rings is 1. The van der Waals surface area contributed by atoms with Gasteiger partial charge in [-0.2, -0.15) is 9.40 Å². The Morgan fingerprint density at radius 3 is 3.10 bits per heavy atom. The third-order valence-electron chi connectivity index (χ3n) is 4.24. The quantitative estimate of drug-likeness (QED) is 0.837. The summed E-state index contributed by atoms with van der Waals surface area (Å²) in [5, 5.41) is 4.12. The number of ether oxygens (including phenoxy) is 1. The summed E-state index contributed by atoms with van der Waals surface area (Å²) < 4.78 is 34.6. The first kappa shape index (κ1) is 15.0. The minimum atomic E-state index is -3.48. The van der Waals surface area contributed by atoms with E-state index in [1.807, 2.05) is 0 Å². The Labute approximate surface area is 125 Å². The van der Waals surface area contributed by atoms with Gasteiger partial charge in [-0.1, -0.05) is 0 Å². The molecule has 0 bridgehead atoms. The maximum absolute atomic E-state index is 12.8. The Balaban J connectivity index is 1.80. The van der Waals surface area contributed by atoms with E-state index >= 15 is 0 Å². The van der Waals surface area contributed by atoms with Crippen LogP contribution in [0.25, 0.3) is 0 Å². The summed E-state index contributed by atoms with van der Waals surface area (Å²) in [6.45, 7) is 2.11. The van der Waals surface area contributed by atoms with Crippen molar-refractivity contribution < 1.29 is 13.2 Å². The molecule has 2 atom stereocenters. The Hall–Kier alpha value is -0.960. The average molecular weight is 314 g/mol. The molecule has 0 aromatic carbocycles. The second-order valence-corrected chi connectivity index (χ2v) is 7.50. The number of hydrogen-bond acceptors (Lipinski definition) is 5. The van der Waals surface area contributed by atoms with Gasteiger partial charge in [0, 0.05) is 19.3 Å². The van der Waals surface area contributed by atoms with Crippen molar-refractivity contribution in [2.45, 2.75) is 49.3 Å². The highest BCUT2D eigenvalue weighted by atomic mass is 32.2. The number of hydrogen-bond donors (Lipinski definition) is 1. The largest absolute Gasteiger partial charge is 0.375 e. The second-order valence-electron chi connectivity index (χ2n) is 5.60. The topological polar surface area (TPSA) is 90.5 Å². The molecule has 1 saturated heterocycles. The molecule has 7 nitrogen and oxygen atoms in total. The minimum Gasteiger partial charge on any atom is -0.375 e. The normalized spacial score (nSPS) is 26.9. The summed E-state index contributed by atoms with van der Waals surface area (Å²) in [7, 11) is -3.48. The van der Waals surface area contributed by atoms with Crippen molar-refractivity contribution in [3.05, 3.63) is 12.4 Å². The molecule has 118 valence electrons. The second kappa shape index (κ2) is 6.04. The molecule has 1 aromatic rings. The van der Waals surface area contributed by atoms with Crippen LogP contribution in [0.3, 0.4) is 0 Å². The molecule has 2 fully saturated rings. The highest BCUT2D eigenvalue weighted by Gasteiger charge is 2.42. The summed E-state index contributed by atoms with van der Waals surface area (Å²) in [6.07, 6.45) is 6.73. The SMILES string of the molecule is NCCCn1cc(S(=O)(=O)N2CCOC3CCCC32)cn1. The fourth-order valence-corrected chi connectivity index (χ4v) is 4.80. The van der Waals surface area contributed by atoms with Gasteiger partial charge < -0.3 is 10.5 Å². The van der Waals surface area contributed by atoms with Gasteiger partial charge in [0.1, 0.15) is 4.90 Å². The number of fused-ring (bicyclic) bond motifs is 1. The molecule has 2 aliphatic rings. The van der Waals surface area contributed by atoms with Crippen LogP contribution in [-0.2, 0) is 21.3 Å². The first-order valence-electron chi connectivity index (χ1n) is 7.49. The van der Waals surface area contributed by atoms with E-state index < -0.39 is 10.0 Å². The molecular weight excluding hydrogens is 292 g/mol. The number of sulfonamides is 1. The van der Waals surface area contributed by atoms with Gasteiger partial charge in [-0.3, -0.25) is 4.68 Å². The molecule has 0 radical (unpaired) electrons. The number of nitrogens with zero attached hydrogens (tertiary/aromatic N) is 3. The van der Waals surface area contributed by atoms with Gasteiger partial charge >= 0.3 is 0 Å². The molecule has 1 aliphatic carbocycles. The Bertz CT molecular complexity index is 586. The van der Waals surface area contributed by atoms with E-state index in [0.717, 1.165) is 25.7 Å². The van der Waals surface area contributed by atoms with Crippen molar-refractivity contribution >= 4 is 10.0 Å². The lowest BCUT2D eigenvalue weighted by Gasteiger charge is -2.36. The molecule has 0 amide bonds. The molecule has 0 spiro atoms. The van der Waals surface area contributed by atoms with Gasteiger partial charge in [0.25, 0.3) is 0 Å². The van der Waals surface area contributed by atoms with Gasteiger partial charge in [0.15, 0.2) is 0 Å². The lowest BCUT2D eigenvalue weighted by molar-refractivity contribution is -0.0241. The molecule has 1 saturated carbocycles. The van der Waals surface area contributed by atoms with Crippen molar-refractivity contribution in [3.63, 3.8) is 0 Å². The van der Waals surface area contributed by atoms with E-state index in [4.69, 9.17) is 10.5 Å². The Kier molecular flexibility index (Phi) is 4.30. The standard InChI is InChI=1S/C13H22N4O3S/c14-5-2-6-16-10-11(9-15-16)21(18,19)17-7-8-20-13-4-1-3-12(13)17/h9-10,12-13H,1-8,14H2. The number of rotatable bonds is 5. The zero-order valence-corrected chi connectivity index (χ0v) is 12.8. The molecule has 8 heteroatoms. The summed E-state index contributed by atoms with van der Waals surface area (Å²) in [5.74, 6) is 0. The minimum absolute atomic E-state index is 0.0175. The van der Waals surface area contributed by atoms with Crippen molar-refractivity contribution in [1.29, 1.82) is 0 Å². The van der Waals surface area contributed by atoms with Crippen molar-refractivity contribution in [3.8, 4) is 0 Å². The molecule has 3 rings (SSSR count). The van der Waals surface area contributed by atoms with Gasteiger partial charge in [0.2, 0.25) is 10.0 Å². The van der Waals surface area contributed by atoms with Gasteiger partial charge in [-0.05, 0) is 32.2 Å².